The van der Waals surface area contributed by atoms with Crippen LogP contribution in [0.4, 0.5) is 5.13 Å². The fourth-order valence-corrected chi connectivity index (χ4v) is 2.70. The molecule has 0 radical (unpaired) electrons. The first-order valence-corrected chi connectivity index (χ1v) is 8.83. The molecule has 1 aromatic heterocycles. The lowest BCUT2D eigenvalue weighted by atomic mass is 10.2. The predicted octanol–water partition coefficient (Wildman–Crippen LogP) is 3.60. The minimum Gasteiger partial charge on any atom is -0.493 e. The molecule has 0 aliphatic carbocycles. The molecule has 1 amide bonds. The van der Waals surface area contributed by atoms with E-state index in [0.29, 0.717) is 17.4 Å². The highest BCUT2D eigenvalue weighted by atomic mass is 32.1. The van der Waals surface area contributed by atoms with Gasteiger partial charge in [0.1, 0.15) is 5.75 Å². The zero-order valence-corrected chi connectivity index (χ0v) is 14.7. The maximum absolute atomic E-state index is 12.0. The Hall–Kier alpha value is -2.67. The summed E-state index contributed by atoms with van der Waals surface area (Å²) in [6.07, 6.45) is 4.95. The Morgan fingerprint density at radius 1 is 1.36 bits per heavy atom. The molecule has 132 valence electrons. The summed E-state index contributed by atoms with van der Waals surface area (Å²) < 4.78 is 5.72. The zero-order valence-electron chi connectivity index (χ0n) is 13.9. The number of nitrogens with one attached hydrogen (secondary N) is 1. The second-order valence-electron chi connectivity index (χ2n) is 5.28. The van der Waals surface area contributed by atoms with Crippen LogP contribution in [0.1, 0.15) is 31.0 Å². The van der Waals surface area contributed by atoms with Gasteiger partial charge in [0.2, 0.25) is 5.91 Å². The topological polar surface area (TPSA) is 88.5 Å². The van der Waals surface area contributed by atoms with Gasteiger partial charge in [-0.2, -0.15) is 0 Å². The van der Waals surface area contributed by atoms with Crippen LogP contribution in [0.15, 0.2) is 35.7 Å². The normalized spacial score (nSPS) is 10.8. The predicted molar refractivity (Wildman–Crippen MR) is 98.0 cm³/mol. The van der Waals surface area contributed by atoms with Gasteiger partial charge in [0, 0.05) is 17.0 Å². The number of anilines is 1. The number of hydrogen-bond acceptors (Lipinski definition) is 5. The number of thiazole rings is 1. The van der Waals surface area contributed by atoms with E-state index in [1.807, 2.05) is 24.3 Å². The molecule has 0 unspecified atom stereocenters. The Kier molecular flexibility index (Phi) is 7.16. The highest BCUT2D eigenvalue weighted by Gasteiger charge is 2.08. The molecule has 2 rings (SSSR count). The number of hydrogen-bond donors (Lipinski definition) is 2. The Morgan fingerprint density at radius 3 is 2.92 bits per heavy atom. The van der Waals surface area contributed by atoms with Crippen molar-refractivity contribution in [1.82, 2.24) is 4.98 Å². The van der Waals surface area contributed by atoms with Crippen molar-refractivity contribution in [2.24, 2.45) is 0 Å². The number of unbranched alkanes of at least 4 members (excludes halogenated alkanes) is 1. The summed E-state index contributed by atoms with van der Waals surface area (Å²) in [6.45, 7) is 2.74. The summed E-state index contributed by atoms with van der Waals surface area (Å²) in [4.78, 5) is 26.7. The smallest absolute Gasteiger partial charge is 0.309 e. The van der Waals surface area contributed by atoms with Crippen molar-refractivity contribution in [3.05, 3.63) is 47.0 Å². The van der Waals surface area contributed by atoms with Gasteiger partial charge in [-0.15, -0.1) is 11.3 Å². The Labute approximate surface area is 150 Å². The molecule has 0 fully saturated rings. The van der Waals surface area contributed by atoms with Gasteiger partial charge in [0.25, 0.3) is 0 Å². The molecule has 2 aromatic rings. The number of para-hydroxylation sites is 1. The third-order valence-electron chi connectivity index (χ3n) is 3.20. The molecule has 0 spiro atoms. The van der Waals surface area contributed by atoms with Crippen LogP contribution in [-0.2, 0) is 16.0 Å². The largest absolute Gasteiger partial charge is 0.493 e. The van der Waals surface area contributed by atoms with Crippen LogP contribution in [0.5, 0.6) is 5.75 Å². The maximum atomic E-state index is 12.0. The first-order valence-electron chi connectivity index (χ1n) is 7.95. The number of carboxylic acids is 1. The third kappa shape index (κ3) is 6.39. The number of carbonyl (C=O) groups is 2. The molecule has 0 bridgehead atoms. The first kappa shape index (κ1) is 18.7. The molecular weight excluding hydrogens is 340 g/mol. The maximum Gasteiger partial charge on any atom is 0.309 e. The van der Waals surface area contributed by atoms with E-state index >= 15 is 0 Å². The zero-order chi connectivity index (χ0) is 18.1. The van der Waals surface area contributed by atoms with E-state index in [-0.39, 0.29) is 12.3 Å². The molecule has 6 nitrogen and oxygen atoms in total. The molecule has 0 atom stereocenters. The van der Waals surface area contributed by atoms with E-state index < -0.39 is 5.97 Å². The quantitative estimate of drug-likeness (QED) is 0.527. The number of rotatable bonds is 9. The third-order valence-corrected chi connectivity index (χ3v) is 4.01. The number of aromatic nitrogens is 1. The molecule has 25 heavy (non-hydrogen) atoms. The van der Waals surface area contributed by atoms with Crippen molar-refractivity contribution in [2.75, 3.05) is 11.9 Å². The number of ether oxygens (including phenoxy) is 1. The van der Waals surface area contributed by atoms with Crippen LogP contribution in [0.2, 0.25) is 0 Å². The number of benzene rings is 1. The molecule has 7 heteroatoms. The number of amides is 1. The molecule has 0 aliphatic rings. The highest BCUT2D eigenvalue weighted by molar-refractivity contribution is 7.14. The van der Waals surface area contributed by atoms with Crippen molar-refractivity contribution in [3.8, 4) is 5.75 Å². The van der Waals surface area contributed by atoms with Crippen LogP contribution in [-0.4, -0.2) is 28.6 Å². The Morgan fingerprint density at radius 2 is 2.16 bits per heavy atom. The van der Waals surface area contributed by atoms with E-state index in [1.54, 1.807) is 11.5 Å². The lowest BCUT2D eigenvalue weighted by Gasteiger charge is -2.08. The van der Waals surface area contributed by atoms with Crippen molar-refractivity contribution in [1.29, 1.82) is 0 Å². The molecule has 1 aromatic carbocycles. The van der Waals surface area contributed by atoms with Gasteiger partial charge in [-0.25, -0.2) is 4.98 Å². The molecular formula is C18H20N2O4S. The first-order chi connectivity index (χ1) is 12.1. The van der Waals surface area contributed by atoms with E-state index in [1.165, 1.54) is 17.4 Å². The van der Waals surface area contributed by atoms with Crippen LogP contribution in [0, 0.1) is 0 Å². The van der Waals surface area contributed by atoms with E-state index in [2.05, 4.69) is 17.2 Å². The van der Waals surface area contributed by atoms with Crippen molar-refractivity contribution < 1.29 is 19.4 Å². The number of carbonyl (C=O) groups excluding carboxylic acids is 1. The van der Waals surface area contributed by atoms with Gasteiger partial charge < -0.3 is 9.84 Å². The Bertz CT molecular complexity index is 755. The van der Waals surface area contributed by atoms with Gasteiger partial charge in [0.15, 0.2) is 5.13 Å². The van der Waals surface area contributed by atoms with Crippen LogP contribution in [0.3, 0.4) is 0 Å². The minimum atomic E-state index is -0.956. The molecule has 0 aliphatic heterocycles. The fraction of sp³-hybridized carbons (Fsp3) is 0.278. The second kappa shape index (κ2) is 9.58. The van der Waals surface area contributed by atoms with Gasteiger partial charge in [-0.3, -0.25) is 14.9 Å². The van der Waals surface area contributed by atoms with Gasteiger partial charge in [-0.1, -0.05) is 31.5 Å². The van der Waals surface area contributed by atoms with Crippen LogP contribution in [0.25, 0.3) is 6.08 Å². The molecule has 0 saturated heterocycles. The van der Waals surface area contributed by atoms with Crippen molar-refractivity contribution in [2.45, 2.75) is 26.2 Å². The summed E-state index contributed by atoms with van der Waals surface area (Å²) in [5.41, 5.74) is 1.24. The summed E-state index contributed by atoms with van der Waals surface area (Å²) in [5.74, 6) is -0.555. The molecule has 1 heterocycles. The van der Waals surface area contributed by atoms with Gasteiger partial charge in [-0.05, 0) is 18.6 Å². The monoisotopic (exact) mass is 360 g/mol. The van der Waals surface area contributed by atoms with Gasteiger partial charge in [0.05, 0.1) is 18.7 Å². The van der Waals surface area contributed by atoms with Crippen molar-refractivity contribution in [3.63, 3.8) is 0 Å². The summed E-state index contributed by atoms with van der Waals surface area (Å²) in [6, 6.07) is 7.51. The fourth-order valence-electron chi connectivity index (χ4n) is 1.99. The summed E-state index contributed by atoms with van der Waals surface area (Å²) >= 11 is 1.19. The van der Waals surface area contributed by atoms with Crippen LogP contribution < -0.4 is 10.1 Å². The van der Waals surface area contributed by atoms with E-state index in [4.69, 9.17) is 9.84 Å². The average Bonchev–Trinajstić information content (AvgIpc) is 3.00. The minimum absolute atomic E-state index is 0.162. The SMILES string of the molecule is CCCCOc1ccccc1/C=C/C(=O)Nc1nc(CC(=O)O)cs1. The van der Waals surface area contributed by atoms with E-state index in [9.17, 15) is 9.59 Å². The molecule has 0 saturated carbocycles. The highest BCUT2D eigenvalue weighted by Crippen LogP contribution is 2.20. The Balaban J connectivity index is 1.96. The summed E-state index contributed by atoms with van der Waals surface area (Å²) in [7, 11) is 0. The average molecular weight is 360 g/mol. The molecule has 2 N–H and O–H groups in total. The lowest BCUT2D eigenvalue weighted by Crippen LogP contribution is -2.08. The van der Waals surface area contributed by atoms with Crippen LogP contribution >= 0.6 is 11.3 Å². The number of aliphatic carboxylic acids is 1. The number of nitrogens with zero attached hydrogens (tertiary/aromatic N) is 1. The van der Waals surface area contributed by atoms with E-state index in [0.717, 1.165) is 24.2 Å². The standard InChI is InChI=1S/C18H20N2O4S/c1-2-3-10-24-15-7-5-4-6-13(15)8-9-16(21)20-18-19-14(12-25-18)11-17(22)23/h4-9,12H,2-3,10-11H2,1H3,(H,22,23)(H,19,20,21)/b9-8+. The lowest BCUT2D eigenvalue weighted by molar-refractivity contribution is -0.136. The van der Waals surface area contributed by atoms with Gasteiger partial charge >= 0.3 is 5.97 Å². The van der Waals surface area contributed by atoms with Crippen molar-refractivity contribution >= 4 is 34.4 Å². The number of carboxylic acid groups (broad SMARTS) is 1. The second-order valence-corrected chi connectivity index (χ2v) is 6.14. The summed E-state index contributed by atoms with van der Waals surface area (Å²) in [5, 5.41) is 13.3.